The Kier molecular flexibility index (Phi) is 5.35. The van der Waals surface area contributed by atoms with Gasteiger partial charge in [-0.2, -0.15) is 0 Å². The number of morpholine rings is 1. The third-order valence-corrected chi connectivity index (χ3v) is 5.16. The largest absolute Gasteiger partial charge is 0.375 e. The number of amides is 1. The zero-order valence-electron chi connectivity index (χ0n) is 15.3. The van der Waals surface area contributed by atoms with Gasteiger partial charge in [0.25, 0.3) is 5.91 Å². The van der Waals surface area contributed by atoms with Crippen molar-refractivity contribution in [1.82, 2.24) is 9.88 Å². The van der Waals surface area contributed by atoms with Gasteiger partial charge in [0, 0.05) is 25.2 Å². The fourth-order valence-corrected chi connectivity index (χ4v) is 3.78. The first-order valence-corrected chi connectivity index (χ1v) is 9.45. The van der Waals surface area contributed by atoms with E-state index in [2.05, 4.69) is 53.5 Å². The van der Waals surface area contributed by atoms with E-state index in [4.69, 9.17) is 4.74 Å². The number of nitrogens with one attached hydrogen (secondary N) is 1. The molecular weight excluding hydrogens is 336 g/mol. The molecule has 1 aliphatic heterocycles. The highest BCUT2D eigenvalue weighted by atomic mass is 16.5. The highest BCUT2D eigenvalue weighted by molar-refractivity contribution is 5.92. The normalized spacial score (nSPS) is 17.2. The molecule has 1 fully saturated rings. The molecule has 2 heterocycles. The Morgan fingerprint density at radius 1 is 1.00 bits per heavy atom. The molecule has 1 saturated heterocycles. The molecule has 4 nitrogen and oxygen atoms in total. The van der Waals surface area contributed by atoms with Crippen LogP contribution < -0.4 is 0 Å². The van der Waals surface area contributed by atoms with Crippen LogP contribution in [0, 0.1) is 0 Å². The van der Waals surface area contributed by atoms with Crippen molar-refractivity contribution >= 4 is 5.91 Å². The minimum absolute atomic E-state index is 0.0167. The molecule has 2 aromatic carbocycles. The summed E-state index contributed by atoms with van der Waals surface area (Å²) in [5, 5.41) is 0. The van der Waals surface area contributed by atoms with Gasteiger partial charge in [0.05, 0.1) is 12.7 Å². The second-order valence-electron chi connectivity index (χ2n) is 6.94. The van der Waals surface area contributed by atoms with Crippen LogP contribution >= 0.6 is 0 Å². The van der Waals surface area contributed by atoms with Crippen molar-refractivity contribution in [3.05, 3.63) is 95.8 Å². The number of nitrogens with zero attached hydrogens (tertiary/aromatic N) is 1. The van der Waals surface area contributed by atoms with Gasteiger partial charge in [-0.15, -0.1) is 0 Å². The Hall–Kier alpha value is -2.85. The summed E-state index contributed by atoms with van der Waals surface area (Å²) in [5.74, 6) is 0.294. The summed E-state index contributed by atoms with van der Waals surface area (Å²) in [5.41, 5.74) is 3.19. The quantitative estimate of drug-likeness (QED) is 0.745. The van der Waals surface area contributed by atoms with Gasteiger partial charge in [-0.25, -0.2) is 0 Å². The van der Waals surface area contributed by atoms with Gasteiger partial charge < -0.3 is 14.6 Å². The number of aromatic amines is 1. The van der Waals surface area contributed by atoms with Crippen molar-refractivity contribution < 1.29 is 9.53 Å². The maximum atomic E-state index is 12.7. The molecule has 1 atom stereocenters. The second kappa shape index (κ2) is 8.23. The molecule has 3 aromatic rings. The zero-order chi connectivity index (χ0) is 18.5. The smallest absolute Gasteiger partial charge is 0.270 e. The molecule has 1 aliphatic rings. The van der Waals surface area contributed by atoms with E-state index in [1.54, 1.807) is 6.20 Å². The lowest BCUT2D eigenvalue weighted by Crippen LogP contribution is -2.46. The number of hydrogen-bond donors (Lipinski definition) is 1. The van der Waals surface area contributed by atoms with Gasteiger partial charge in [0.1, 0.15) is 5.69 Å². The predicted octanol–water partition coefficient (Wildman–Crippen LogP) is 4.08. The van der Waals surface area contributed by atoms with Crippen LogP contribution in [0.5, 0.6) is 0 Å². The first-order chi connectivity index (χ1) is 13.3. The summed E-state index contributed by atoms with van der Waals surface area (Å²) < 4.78 is 6.05. The molecule has 1 N–H and O–H groups in total. The van der Waals surface area contributed by atoms with Gasteiger partial charge in [-0.3, -0.25) is 4.79 Å². The van der Waals surface area contributed by atoms with E-state index in [0.717, 1.165) is 6.42 Å². The topological polar surface area (TPSA) is 45.3 Å². The average molecular weight is 360 g/mol. The molecular formula is C23H24N2O2. The van der Waals surface area contributed by atoms with E-state index in [-0.39, 0.29) is 17.9 Å². The van der Waals surface area contributed by atoms with Crippen molar-refractivity contribution in [3.8, 4) is 0 Å². The number of aromatic nitrogens is 1. The Bertz CT molecular complexity index is 807. The average Bonchev–Trinajstić information content (AvgIpc) is 3.28. The van der Waals surface area contributed by atoms with Crippen molar-refractivity contribution in [1.29, 1.82) is 0 Å². The maximum absolute atomic E-state index is 12.7. The molecule has 1 unspecified atom stereocenters. The predicted molar refractivity (Wildman–Crippen MR) is 106 cm³/mol. The number of rotatable bonds is 5. The van der Waals surface area contributed by atoms with Crippen molar-refractivity contribution in [2.45, 2.75) is 18.4 Å². The Balaban J connectivity index is 1.52. The van der Waals surface area contributed by atoms with E-state index in [1.165, 1.54) is 11.1 Å². The number of hydrogen-bond acceptors (Lipinski definition) is 2. The monoisotopic (exact) mass is 360 g/mol. The summed E-state index contributed by atoms with van der Waals surface area (Å²) >= 11 is 0. The van der Waals surface area contributed by atoms with E-state index in [1.807, 2.05) is 29.2 Å². The Labute approximate surface area is 159 Å². The van der Waals surface area contributed by atoms with Crippen molar-refractivity contribution in [2.24, 2.45) is 0 Å². The van der Waals surface area contributed by atoms with Crippen LogP contribution in [-0.4, -0.2) is 41.6 Å². The first kappa shape index (κ1) is 17.6. The molecule has 0 saturated carbocycles. The molecule has 0 bridgehead atoms. The Morgan fingerprint density at radius 2 is 1.67 bits per heavy atom. The summed E-state index contributed by atoms with van der Waals surface area (Å²) in [6.07, 6.45) is 2.65. The highest BCUT2D eigenvalue weighted by Gasteiger charge is 2.28. The minimum Gasteiger partial charge on any atom is -0.375 e. The number of benzene rings is 2. The third kappa shape index (κ3) is 4.12. The van der Waals surface area contributed by atoms with Gasteiger partial charge in [0.15, 0.2) is 0 Å². The summed E-state index contributed by atoms with van der Waals surface area (Å²) in [6, 6.07) is 24.7. The van der Waals surface area contributed by atoms with Gasteiger partial charge in [0.2, 0.25) is 0 Å². The Morgan fingerprint density at radius 3 is 2.26 bits per heavy atom. The van der Waals surface area contributed by atoms with E-state index in [0.29, 0.717) is 25.4 Å². The molecule has 0 spiro atoms. The number of H-pyrrole nitrogens is 1. The lowest BCUT2D eigenvalue weighted by molar-refractivity contribution is -0.0265. The molecule has 138 valence electrons. The SMILES string of the molecule is O=C(c1ccc[nH]1)N1CCOC(CC(c2ccccc2)c2ccccc2)C1. The van der Waals surface area contributed by atoms with Crippen LogP contribution in [0.1, 0.15) is 34.0 Å². The molecule has 27 heavy (non-hydrogen) atoms. The van der Waals surface area contributed by atoms with Crippen molar-refractivity contribution in [3.63, 3.8) is 0 Å². The lowest BCUT2D eigenvalue weighted by Gasteiger charge is -2.34. The molecule has 0 radical (unpaired) electrons. The number of carbonyl (C=O) groups is 1. The number of ether oxygens (including phenoxy) is 1. The van der Waals surface area contributed by atoms with E-state index in [9.17, 15) is 4.79 Å². The van der Waals surface area contributed by atoms with Crippen LogP contribution in [-0.2, 0) is 4.74 Å². The third-order valence-electron chi connectivity index (χ3n) is 5.16. The van der Waals surface area contributed by atoms with Gasteiger partial charge >= 0.3 is 0 Å². The second-order valence-corrected chi connectivity index (χ2v) is 6.94. The van der Waals surface area contributed by atoms with Gasteiger partial charge in [-0.1, -0.05) is 60.7 Å². The molecule has 0 aliphatic carbocycles. The lowest BCUT2D eigenvalue weighted by atomic mass is 9.86. The highest BCUT2D eigenvalue weighted by Crippen LogP contribution is 2.31. The van der Waals surface area contributed by atoms with Crippen molar-refractivity contribution in [2.75, 3.05) is 19.7 Å². The summed E-state index contributed by atoms with van der Waals surface area (Å²) in [6.45, 7) is 1.83. The van der Waals surface area contributed by atoms with Gasteiger partial charge in [-0.05, 0) is 29.7 Å². The fraction of sp³-hybridized carbons (Fsp3) is 0.261. The minimum atomic E-state index is 0.0167. The molecule has 4 heteroatoms. The van der Waals surface area contributed by atoms with Crippen LogP contribution in [0.15, 0.2) is 79.0 Å². The standard InChI is InChI=1S/C23H24N2O2/c26-23(22-12-7-13-24-22)25-14-15-27-20(17-25)16-21(18-8-3-1-4-9-18)19-10-5-2-6-11-19/h1-13,20-21,24H,14-17H2. The summed E-state index contributed by atoms with van der Waals surface area (Å²) in [4.78, 5) is 17.6. The molecule has 1 aromatic heterocycles. The first-order valence-electron chi connectivity index (χ1n) is 9.45. The van der Waals surface area contributed by atoms with Crippen LogP contribution in [0.25, 0.3) is 0 Å². The van der Waals surface area contributed by atoms with Crippen LogP contribution in [0.3, 0.4) is 0 Å². The molecule has 1 amide bonds. The zero-order valence-corrected chi connectivity index (χ0v) is 15.3. The van der Waals surface area contributed by atoms with Crippen LogP contribution in [0.4, 0.5) is 0 Å². The number of carbonyl (C=O) groups excluding carboxylic acids is 1. The van der Waals surface area contributed by atoms with E-state index < -0.39 is 0 Å². The fourth-order valence-electron chi connectivity index (χ4n) is 3.78. The molecule has 4 rings (SSSR count). The van der Waals surface area contributed by atoms with E-state index >= 15 is 0 Å². The van der Waals surface area contributed by atoms with Crippen LogP contribution in [0.2, 0.25) is 0 Å². The maximum Gasteiger partial charge on any atom is 0.270 e. The summed E-state index contributed by atoms with van der Waals surface area (Å²) in [7, 11) is 0.